The molecule has 0 saturated heterocycles. The van der Waals surface area contributed by atoms with Crippen LogP contribution in [0.5, 0.6) is 0 Å². The molecule has 0 aliphatic carbocycles. The number of aromatic nitrogens is 1. The zero-order valence-electron chi connectivity index (χ0n) is 10.5. The monoisotopic (exact) mass is 273 g/mol. The Morgan fingerprint density at radius 1 is 1.42 bits per heavy atom. The Balaban J connectivity index is 1.69. The van der Waals surface area contributed by atoms with E-state index in [0.717, 1.165) is 30.6 Å². The van der Waals surface area contributed by atoms with Crippen molar-refractivity contribution in [1.82, 2.24) is 15.6 Å². The van der Waals surface area contributed by atoms with Gasteiger partial charge in [0, 0.05) is 35.7 Å². The number of pyridine rings is 1. The molecule has 5 heteroatoms. The number of amides is 1. The zero-order valence-corrected chi connectivity index (χ0v) is 11.3. The lowest BCUT2D eigenvalue weighted by atomic mass is 10.0. The van der Waals surface area contributed by atoms with E-state index in [9.17, 15) is 4.79 Å². The van der Waals surface area contributed by atoms with Crippen molar-refractivity contribution in [3.63, 3.8) is 0 Å². The number of nitrogens with one attached hydrogen (secondary N) is 2. The van der Waals surface area contributed by atoms with Crippen LogP contribution in [0.15, 0.2) is 29.9 Å². The SMILES string of the molecule is O=C(NCc1ccncc1)c1csc2c1CCNC2. The fourth-order valence-electron chi connectivity index (χ4n) is 2.23. The summed E-state index contributed by atoms with van der Waals surface area (Å²) in [4.78, 5) is 17.5. The maximum absolute atomic E-state index is 12.2. The number of carbonyl (C=O) groups excluding carboxylic acids is 1. The van der Waals surface area contributed by atoms with Gasteiger partial charge in [-0.1, -0.05) is 0 Å². The van der Waals surface area contributed by atoms with E-state index in [-0.39, 0.29) is 5.91 Å². The first-order valence-corrected chi connectivity index (χ1v) is 7.19. The van der Waals surface area contributed by atoms with Crippen molar-refractivity contribution in [2.45, 2.75) is 19.5 Å². The Morgan fingerprint density at radius 2 is 2.26 bits per heavy atom. The van der Waals surface area contributed by atoms with Crippen molar-refractivity contribution in [2.75, 3.05) is 6.54 Å². The Hall–Kier alpha value is -1.72. The lowest BCUT2D eigenvalue weighted by molar-refractivity contribution is 0.0950. The van der Waals surface area contributed by atoms with Crippen LogP contribution in [-0.2, 0) is 19.5 Å². The van der Waals surface area contributed by atoms with Gasteiger partial charge in [-0.15, -0.1) is 11.3 Å². The van der Waals surface area contributed by atoms with E-state index in [2.05, 4.69) is 15.6 Å². The van der Waals surface area contributed by atoms with Crippen LogP contribution in [0.25, 0.3) is 0 Å². The van der Waals surface area contributed by atoms with Crippen molar-refractivity contribution in [2.24, 2.45) is 0 Å². The molecule has 2 aromatic rings. The fraction of sp³-hybridized carbons (Fsp3) is 0.286. The summed E-state index contributed by atoms with van der Waals surface area (Å²) in [5, 5.41) is 8.27. The van der Waals surface area contributed by atoms with Crippen molar-refractivity contribution in [3.05, 3.63) is 51.5 Å². The summed E-state index contributed by atoms with van der Waals surface area (Å²) in [7, 11) is 0. The van der Waals surface area contributed by atoms with Gasteiger partial charge in [-0.3, -0.25) is 9.78 Å². The van der Waals surface area contributed by atoms with Crippen LogP contribution in [-0.4, -0.2) is 17.4 Å². The third-order valence-electron chi connectivity index (χ3n) is 3.27. The standard InChI is InChI=1S/C14H15N3OS/c18-14(17-7-10-1-4-15-5-2-10)12-9-19-13-8-16-6-3-11(12)13/h1-2,4-5,9,16H,3,6-8H2,(H,17,18). The molecule has 1 aliphatic heterocycles. The van der Waals surface area contributed by atoms with Crippen LogP contribution < -0.4 is 10.6 Å². The molecule has 98 valence electrons. The average Bonchev–Trinajstić information content (AvgIpc) is 2.90. The molecule has 2 N–H and O–H groups in total. The first-order valence-electron chi connectivity index (χ1n) is 6.31. The Kier molecular flexibility index (Phi) is 3.57. The second-order valence-corrected chi connectivity index (χ2v) is 5.48. The second-order valence-electron chi connectivity index (χ2n) is 4.52. The first-order chi connectivity index (χ1) is 9.34. The van der Waals surface area contributed by atoms with E-state index >= 15 is 0 Å². The molecule has 0 fully saturated rings. The first kappa shape index (κ1) is 12.3. The van der Waals surface area contributed by atoms with Crippen LogP contribution in [0, 0.1) is 0 Å². The molecule has 1 amide bonds. The minimum atomic E-state index is 0.0243. The van der Waals surface area contributed by atoms with Crippen LogP contribution >= 0.6 is 11.3 Å². The molecule has 4 nitrogen and oxygen atoms in total. The summed E-state index contributed by atoms with van der Waals surface area (Å²) in [6, 6.07) is 3.82. The maximum atomic E-state index is 12.2. The molecule has 0 spiro atoms. The normalized spacial score (nSPS) is 13.9. The number of carbonyl (C=O) groups is 1. The highest BCUT2D eigenvalue weighted by molar-refractivity contribution is 7.10. The predicted octanol–water partition coefficient (Wildman–Crippen LogP) is 1.72. The van der Waals surface area contributed by atoms with Crippen LogP contribution in [0.4, 0.5) is 0 Å². The van der Waals surface area contributed by atoms with E-state index in [1.807, 2.05) is 17.5 Å². The summed E-state index contributed by atoms with van der Waals surface area (Å²) in [5.74, 6) is 0.0243. The molecule has 0 aromatic carbocycles. The topological polar surface area (TPSA) is 54.0 Å². The van der Waals surface area contributed by atoms with Crippen LogP contribution in [0.2, 0.25) is 0 Å². The highest BCUT2D eigenvalue weighted by Crippen LogP contribution is 2.25. The largest absolute Gasteiger partial charge is 0.348 e. The average molecular weight is 273 g/mol. The van der Waals surface area contributed by atoms with Gasteiger partial charge in [0.1, 0.15) is 0 Å². The molecule has 3 rings (SSSR count). The Bertz CT molecular complexity index is 580. The molecule has 2 aromatic heterocycles. The minimum Gasteiger partial charge on any atom is -0.348 e. The van der Waals surface area contributed by atoms with E-state index in [1.54, 1.807) is 23.7 Å². The lowest BCUT2D eigenvalue weighted by Gasteiger charge is -2.14. The van der Waals surface area contributed by atoms with E-state index in [0.29, 0.717) is 6.54 Å². The smallest absolute Gasteiger partial charge is 0.252 e. The highest BCUT2D eigenvalue weighted by Gasteiger charge is 2.19. The third kappa shape index (κ3) is 2.67. The van der Waals surface area contributed by atoms with Gasteiger partial charge >= 0.3 is 0 Å². The second kappa shape index (κ2) is 5.50. The molecular formula is C14H15N3OS. The van der Waals surface area contributed by atoms with Gasteiger partial charge in [0.25, 0.3) is 5.91 Å². The van der Waals surface area contributed by atoms with Crippen molar-refractivity contribution < 1.29 is 4.79 Å². The van der Waals surface area contributed by atoms with E-state index in [4.69, 9.17) is 0 Å². The molecule has 0 unspecified atom stereocenters. The van der Waals surface area contributed by atoms with Gasteiger partial charge in [0.2, 0.25) is 0 Å². The van der Waals surface area contributed by atoms with Crippen LogP contribution in [0.1, 0.15) is 26.4 Å². The fourth-order valence-corrected chi connectivity index (χ4v) is 3.28. The zero-order chi connectivity index (χ0) is 13.1. The van der Waals surface area contributed by atoms with Crippen molar-refractivity contribution in [3.8, 4) is 0 Å². The van der Waals surface area contributed by atoms with Gasteiger partial charge in [-0.05, 0) is 36.2 Å². The minimum absolute atomic E-state index is 0.0243. The Morgan fingerprint density at radius 3 is 3.11 bits per heavy atom. The molecule has 1 aliphatic rings. The van der Waals surface area contributed by atoms with Gasteiger partial charge in [-0.25, -0.2) is 0 Å². The third-order valence-corrected chi connectivity index (χ3v) is 4.29. The summed E-state index contributed by atoms with van der Waals surface area (Å²) >= 11 is 1.67. The lowest BCUT2D eigenvalue weighted by Crippen LogP contribution is -2.27. The molecule has 3 heterocycles. The number of hydrogen-bond acceptors (Lipinski definition) is 4. The van der Waals surface area contributed by atoms with E-state index < -0.39 is 0 Å². The maximum Gasteiger partial charge on any atom is 0.252 e. The highest BCUT2D eigenvalue weighted by atomic mass is 32.1. The molecule has 19 heavy (non-hydrogen) atoms. The summed E-state index contributed by atoms with van der Waals surface area (Å²) < 4.78 is 0. The number of fused-ring (bicyclic) bond motifs is 1. The summed E-state index contributed by atoms with van der Waals surface area (Å²) in [6.07, 6.45) is 4.41. The molecule has 0 atom stereocenters. The van der Waals surface area contributed by atoms with Crippen molar-refractivity contribution in [1.29, 1.82) is 0 Å². The number of nitrogens with zero attached hydrogens (tertiary/aromatic N) is 1. The summed E-state index contributed by atoms with van der Waals surface area (Å²) in [6.45, 7) is 2.39. The molecule has 0 saturated carbocycles. The molecule has 0 bridgehead atoms. The Labute approximate surface area is 115 Å². The van der Waals surface area contributed by atoms with Gasteiger partial charge in [0.05, 0.1) is 5.56 Å². The van der Waals surface area contributed by atoms with Crippen molar-refractivity contribution >= 4 is 17.2 Å². The van der Waals surface area contributed by atoms with Gasteiger partial charge in [0.15, 0.2) is 0 Å². The van der Waals surface area contributed by atoms with Crippen LogP contribution in [0.3, 0.4) is 0 Å². The number of hydrogen-bond donors (Lipinski definition) is 2. The number of thiophene rings is 1. The van der Waals surface area contributed by atoms with E-state index in [1.165, 1.54) is 10.4 Å². The molecular weight excluding hydrogens is 258 g/mol. The quantitative estimate of drug-likeness (QED) is 0.895. The number of rotatable bonds is 3. The molecule has 0 radical (unpaired) electrons. The van der Waals surface area contributed by atoms with Gasteiger partial charge in [-0.2, -0.15) is 0 Å². The predicted molar refractivity (Wildman–Crippen MR) is 75.1 cm³/mol. The summed E-state index contributed by atoms with van der Waals surface area (Å²) in [5.41, 5.74) is 3.13. The van der Waals surface area contributed by atoms with Gasteiger partial charge < -0.3 is 10.6 Å².